The van der Waals surface area contributed by atoms with Crippen molar-refractivity contribution in [1.82, 2.24) is 5.43 Å². The fourth-order valence-corrected chi connectivity index (χ4v) is 2.47. The van der Waals surface area contributed by atoms with Gasteiger partial charge >= 0.3 is 5.97 Å². The Morgan fingerprint density at radius 3 is 2.76 bits per heavy atom. The number of rotatable bonds is 7. The van der Waals surface area contributed by atoms with E-state index in [9.17, 15) is 9.59 Å². The van der Waals surface area contributed by atoms with Gasteiger partial charge in [-0.1, -0.05) is 37.6 Å². The monoisotopic (exact) mass is 402 g/mol. The summed E-state index contributed by atoms with van der Waals surface area (Å²) in [4.78, 5) is 23.7. The first-order valence-electron chi connectivity index (χ1n) is 7.99. The van der Waals surface area contributed by atoms with Crippen LogP contribution in [-0.2, 0) is 4.79 Å². The van der Waals surface area contributed by atoms with Gasteiger partial charge in [-0.15, -0.1) is 0 Å². The van der Waals surface area contributed by atoms with Crippen LogP contribution in [0.3, 0.4) is 0 Å². The first-order chi connectivity index (χ1) is 12.1. The summed E-state index contributed by atoms with van der Waals surface area (Å²) >= 11 is 3.33. The molecule has 0 saturated carbocycles. The van der Waals surface area contributed by atoms with Crippen molar-refractivity contribution in [2.45, 2.75) is 26.2 Å². The number of nitrogens with zero attached hydrogens (tertiary/aromatic N) is 1. The maximum Gasteiger partial charge on any atom is 0.344 e. The minimum Gasteiger partial charge on any atom is -0.423 e. The van der Waals surface area contributed by atoms with Crippen molar-refractivity contribution in [2.24, 2.45) is 5.10 Å². The quantitative estimate of drug-likeness (QED) is 0.324. The average molecular weight is 403 g/mol. The number of hydrogen-bond donors (Lipinski definition) is 1. The van der Waals surface area contributed by atoms with Crippen molar-refractivity contribution >= 4 is 34.0 Å². The van der Waals surface area contributed by atoms with Crippen molar-refractivity contribution in [1.29, 1.82) is 0 Å². The highest BCUT2D eigenvalue weighted by atomic mass is 79.9. The molecule has 2 aromatic carbocycles. The molecule has 0 fully saturated rings. The standard InChI is InChI=1S/C19H19BrN2O3/c1-2-3-11-18(23)22-21-13-14-7-6-8-15(12-14)25-19(24)16-9-4-5-10-17(16)20/h4-10,12-13H,2-3,11H2,1H3,(H,22,23). The number of esters is 1. The van der Waals surface area contributed by atoms with E-state index in [2.05, 4.69) is 26.5 Å². The summed E-state index contributed by atoms with van der Waals surface area (Å²) in [6.07, 6.45) is 3.76. The van der Waals surface area contributed by atoms with Crippen LogP contribution in [0.15, 0.2) is 58.1 Å². The van der Waals surface area contributed by atoms with E-state index in [-0.39, 0.29) is 5.91 Å². The van der Waals surface area contributed by atoms with Crippen molar-refractivity contribution < 1.29 is 14.3 Å². The number of unbranched alkanes of at least 4 members (excludes halogenated alkanes) is 1. The number of benzene rings is 2. The normalized spacial score (nSPS) is 10.6. The molecule has 2 rings (SSSR count). The Bertz CT molecular complexity index is 775. The lowest BCUT2D eigenvalue weighted by Gasteiger charge is -2.06. The van der Waals surface area contributed by atoms with Crippen LogP contribution in [0, 0.1) is 0 Å². The van der Waals surface area contributed by atoms with Crippen molar-refractivity contribution in [2.75, 3.05) is 0 Å². The second-order valence-corrected chi connectivity index (χ2v) is 6.19. The van der Waals surface area contributed by atoms with E-state index < -0.39 is 5.97 Å². The van der Waals surface area contributed by atoms with Crippen LogP contribution in [0.25, 0.3) is 0 Å². The van der Waals surface area contributed by atoms with Gasteiger partial charge < -0.3 is 4.74 Å². The summed E-state index contributed by atoms with van der Waals surface area (Å²) in [6, 6.07) is 14.0. The first-order valence-corrected chi connectivity index (χ1v) is 8.78. The van der Waals surface area contributed by atoms with Crippen molar-refractivity contribution in [3.05, 3.63) is 64.1 Å². The third kappa shape index (κ3) is 6.15. The lowest BCUT2D eigenvalue weighted by molar-refractivity contribution is -0.121. The number of hydrazone groups is 1. The van der Waals surface area contributed by atoms with Crippen molar-refractivity contribution in [3.8, 4) is 5.75 Å². The molecule has 0 aliphatic heterocycles. The third-order valence-electron chi connectivity index (χ3n) is 3.32. The number of nitrogens with one attached hydrogen (secondary N) is 1. The van der Waals surface area contributed by atoms with Gasteiger partial charge in [0, 0.05) is 10.9 Å². The molecule has 1 N–H and O–H groups in total. The molecule has 1 amide bonds. The van der Waals surface area contributed by atoms with Gasteiger partial charge in [0.2, 0.25) is 5.91 Å². The summed E-state index contributed by atoms with van der Waals surface area (Å²) < 4.78 is 6.06. The second-order valence-electron chi connectivity index (χ2n) is 5.34. The Labute approximate surface area is 155 Å². The summed E-state index contributed by atoms with van der Waals surface area (Å²) in [5.41, 5.74) is 3.64. The first kappa shape index (κ1) is 18.9. The predicted octanol–water partition coefficient (Wildman–Crippen LogP) is 4.31. The van der Waals surface area contributed by atoms with Gasteiger partial charge in [0.05, 0.1) is 11.8 Å². The largest absolute Gasteiger partial charge is 0.423 e. The molecule has 0 radical (unpaired) electrons. The Morgan fingerprint density at radius 2 is 2.00 bits per heavy atom. The molecule has 0 saturated heterocycles. The smallest absolute Gasteiger partial charge is 0.344 e. The van der Waals surface area contributed by atoms with E-state index in [0.717, 1.165) is 12.8 Å². The lowest BCUT2D eigenvalue weighted by Crippen LogP contribution is -2.16. The zero-order chi connectivity index (χ0) is 18.1. The highest BCUT2D eigenvalue weighted by molar-refractivity contribution is 9.10. The van der Waals surface area contributed by atoms with E-state index in [1.54, 1.807) is 42.5 Å². The van der Waals surface area contributed by atoms with E-state index in [1.165, 1.54) is 6.21 Å². The average Bonchev–Trinajstić information content (AvgIpc) is 2.60. The molecule has 0 heterocycles. The van der Waals surface area contributed by atoms with Crippen LogP contribution >= 0.6 is 15.9 Å². The molecule has 2 aromatic rings. The van der Waals surface area contributed by atoms with Crippen LogP contribution in [0.1, 0.15) is 42.1 Å². The van der Waals surface area contributed by atoms with Crippen LogP contribution < -0.4 is 10.2 Å². The zero-order valence-electron chi connectivity index (χ0n) is 13.9. The van der Waals surface area contributed by atoms with E-state index in [4.69, 9.17) is 4.74 Å². The minimum absolute atomic E-state index is 0.116. The highest BCUT2D eigenvalue weighted by Gasteiger charge is 2.11. The molecule has 5 nitrogen and oxygen atoms in total. The Kier molecular flexibility index (Phi) is 7.35. The van der Waals surface area contributed by atoms with Gasteiger partial charge in [0.1, 0.15) is 5.75 Å². The molecule has 0 spiro atoms. The molecule has 0 atom stereocenters. The van der Waals surface area contributed by atoms with Crippen LogP contribution in [0.4, 0.5) is 0 Å². The molecule has 0 unspecified atom stereocenters. The number of carbonyl (C=O) groups excluding carboxylic acids is 2. The van der Waals surface area contributed by atoms with Gasteiger partial charge in [0.25, 0.3) is 0 Å². The number of carbonyl (C=O) groups is 2. The van der Waals surface area contributed by atoms with E-state index in [1.807, 2.05) is 13.0 Å². The Balaban J connectivity index is 1.98. The van der Waals surface area contributed by atoms with Crippen LogP contribution in [0.2, 0.25) is 0 Å². The van der Waals surface area contributed by atoms with Gasteiger partial charge in [-0.3, -0.25) is 4.79 Å². The van der Waals surface area contributed by atoms with E-state index in [0.29, 0.717) is 27.8 Å². The van der Waals surface area contributed by atoms with Gasteiger partial charge in [-0.05, 0) is 52.2 Å². The molecular weight excluding hydrogens is 384 g/mol. The number of halogens is 1. The van der Waals surface area contributed by atoms with Gasteiger partial charge in [0.15, 0.2) is 0 Å². The second kappa shape index (κ2) is 9.74. The molecule has 0 bridgehead atoms. The molecule has 0 aliphatic rings. The lowest BCUT2D eigenvalue weighted by atomic mass is 10.2. The molecule has 25 heavy (non-hydrogen) atoms. The van der Waals surface area contributed by atoms with Gasteiger partial charge in [-0.25, -0.2) is 10.2 Å². The SMILES string of the molecule is CCCCC(=O)NN=Cc1cccc(OC(=O)c2ccccc2Br)c1. The van der Waals surface area contributed by atoms with E-state index >= 15 is 0 Å². The molecule has 6 heteroatoms. The highest BCUT2D eigenvalue weighted by Crippen LogP contribution is 2.19. The predicted molar refractivity (Wildman–Crippen MR) is 101 cm³/mol. The summed E-state index contributed by atoms with van der Waals surface area (Å²) in [5, 5.41) is 3.91. The van der Waals surface area contributed by atoms with Gasteiger partial charge in [-0.2, -0.15) is 5.10 Å². The third-order valence-corrected chi connectivity index (χ3v) is 4.01. The summed E-state index contributed by atoms with van der Waals surface area (Å²) in [6.45, 7) is 2.03. The maximum absolute atomic E-state index is 12.2. The Morgan fingerprint density at radius 1 is 1.20 bits per heavy atom. The number of ether oxygens (including phenoxy) is 1. The Hall–Kier alpha value is -2.47. The molecular formula is C19H19BrN2O3. The fourth-order valence-electron chi connectivity index (χ4n) is 2.02. The molecule has 0 aliphatic carbocycles. The van der Waals surface area contributed by atoms with Crippen LogP contribution in [-0.4, -0.2) is 18.1 Å². The van der Waals surface area contributed by atoms with Crippen molar-refractivity contribution in [3.63, 3.8) is 0 Å². The number of hydrogen-bond acceptors (Lipinski definition) is 4. The molecule has 0 aromatic heterocycles. The van der Waals surface area contributed by atoms with Crippen LogP contribution in [0.5, 0.6) is 5.75 Å². The zero-order valence-corrected chi connectivity index (χ0v) is 15.5. The summed E-state index contributed by atoms with van der Waals surface area (Å²) in [5.74, 6) is -0.161. The topological polar surface area (TPSA) is 67.8 Å². The minimum atomic E-state index is -0.450. The fraction of sp³-hybridized carbons (Fsp3) is 0.211. The summed E-state index contributed by atoms with van der Waals surface area (Å²) in [7, 11) is 0. The number of amides is 1. The maximum atomic E-state index is 12.2. The molecule has 130 valence electrons.